The van der Waals surface area contributed by atoms with Gasteiger partial charge in [0.05, 0.1) is 5.75 Å². The average molecular weight is 447 g/mol. The number of hydrogen-bond acceptors (Lipinski definition) is 7. The van der Waals surface area contributed by atoms with Gasteiger partial charge in [-0.05, 0) is 38.0 Å². The Morgan fingerprint density at radius 3 is 2.52 bits per heavy atom. The zero-order chi connectivity index (χ0) is 22.8. The molecule has 0 aliphatic rings. The third kappa shape index (κ3) is 5.32. The van der Waals surface area contributed by atoms with Crippen molar-refractivity contribution >= 4 is 9.84 Å². The smallest absolute Gasteiger partial charge is 0.325 e. The summed E-state index contributed by atoms with van der Waals surface area (Å²) < 4.78 is 45.9. The molecule has 0 bridgehead atoms. The van der Waals surface area contributed by atoms with E-state index in [9.17, 15) is 17.6 Å². The van der Waals surface area contributed by atoms with Crippen molar-refractivity contribution in [2.45, 2.75) is 32.9 Å². The number of ether oxygens (including phenoxy) is 1. The van der Waals surface area contributed by atoms with Gasteiger partial charge in [0.15, 0.2) is 33.1 Å². The number of para-hydroxylation sites is 1. The lowest BCUT2D eigenvalue weighted by molar-refractivity contribution is 0.405. The molecule has 2 aromatic heterocycles. The highest BCUT2D eigenvalue weighted by Gasteiger charge is 2.19. The summed E-state index contributed by atoms with van der Waals surface area (Å²) in [6.07, 6.45) is 1.99. The van der Waals surface area contributed by atoms with Crippen LogP contribution in [0.2, 0.25) is 0 Å². The van der Waals surface area contributed by atoms with Crippen molar-refractivity contribution in [1.82, 2.24) is 19.5 Å². The number of sulfone groups is 1. The number of aromatic nitrogens is 4. The number of rotatable bonds is 7. The second-order valence-corrected chi connectivity index (χ2v) is 9.45. The average Bonchev–Trinajstić information content (AvgIpc) is 2.68. The van der Waals surface area contributed by atoms with E-state index in [-0.39, 0.29) is 34.7 Å². The molecule has 0 spiro atoms. The fraction of sp³-hybridized carbons (Fsp3) is 0.333. The van der Waals surface area contributed by atoms with Crippen LogP contribution in [-0.4, -0.2) is 33.7 Å². The van der Waals surface area contributed by atoms with E-state index in [1.54, 1.807) is 46.0 Å². The SMILES string of the molecule is CCCS(=O)(=O)Cc1nc(Oc2c(C)cccc2F)nc(-c2cc(C)c(=O)n(C)c2)n1. The molecule has 0 radical (unpaired) electrons. The van der Waals surface area contributed by atoms with Crippen LogP contribution >= 0.6 is 0 Å². The topological polar surface area (TPSA) is 104 Å². The molecular formula is C21H23FN4O4S. The Balaban J connectivity index is 2.13. The second-order valence-electron chi connectivity index (χ2n) is 7.27. The number of halogens is 1. The predicted molar refractivity (Wildman–Crippen MR) is 114 cm³/mol. The summed E-state index contributed by atoms with van der Waals surface area (Å²) in [5, 5.41) is 0. The quantitative estimate of drug-likeness (QED) is 0.549. The largest absolute Gasteiger partial charge is 0.421 e. The molecule has 0 saturated carbocycles. The van der Waals surface area contributed by atoms with Crippen molar-refractivity contribution in [3.05, 3.63) is 63.6 Å². The van der Waals surface area contributed by atoms with Crippen LogP contribution in [-0.2, 0) is 22.6 Å². The standard InChI is InChI=1S/C21H23FN4O4S/c1-5-9-31(28,29)12-17-23-19(15-10-14(3)20(27)26(4)11-15)25-21(24-17)30-18-13(2)7-6-8-16(18)22/h6-8,10-11H,5,9,12H2,1-4H3. The molecule has 1 aromatic carbocycles. The van der Waals surface area contributed by atoms with Gasteiger partial charge < -0.3 is 9.30 Å². The first-order valence-corrected chi connectivity index (χ1v) is 11.5. The molecule has 0 atom stereocenters. The van der Waals surface area contributed by atoms with Crippen molar-refractivity contribution in [3.63, 3.8) is 0 Å². The minimum Gasteiger partial charge on any atom is -0.421 e. The maximum atomic E-state index is 14.3. The van der Waals surface area contributed by atoms with E-state index in [0.29, 0.717) is 23.1 Å². The molecule has 0 N–H and O–H groups in total. The Labute approximate surface area is 179 Å². The molecular weight excluding hydrogens is 423 g/mol. The Hall–Kier alpha value is -3.14. The monoisotopic (exact) mass is 446 g/mol. The van der Waals surface area contributed by atoms with Crippen LogP contribution in [0.25, 0.3) is 11.4 Å². The number of benzene rings is 1. The molecule has 3 rings (SSSR count). The molecule has 31 heavy (non-hydrogen) atoms. The first kappa shape index (κ1) is 22.5. The number of nitrogens with zero attached hydrogens (tertiary/aromatic N) is 4. The summed E-state index contributed by atoms with van der Waals surface area (Å²) in [5.41, 5.74) is 1.29. The Morgan fingerprint density at radius 2 is 1.87 bits per heavy atom. The van der Waals surface area contributed by atoms with Gasteiger partial charge in [-0.2, -0.15) is 9.97 Å². The lowest BCUT2D eigenvalue weighted by Crippen LogP contribution is -2.19. The summed E-state index contributed by atoms with van der Waals surface area (Å²) in [7, 11) is -1.86. The Kier molecular flexibility index (Phi) is 6.49. The molecule has 8 nitrogen and oxygen atoms in total. The van der Waals surface area contributed by atoms with Crippen molar-refractivity contribution in [2.75, 3.05) is 5.75 Å². The summed E-state index contributed by atoms with van der Waals surface area (Å²) >= 11 is 0. The van der Waals surface area contributed by atoms with Crippen LogP contribution < -0.4 is 10.3 Å². The molecule has 0 unspecified atom stereocenters. The molecule has 0 aliphatic carbocycles. The van der Waals surface area contributed by atoms with Crippen LogP contribution in [0.4, 0.5) is 4.39 Å². The van der Waals surface area contributed by atoms with Crippen LogP contribution in [0.15, 0.2) is 35.3 Å². The van der Waals surface area contributed by atoms with Crippen molar-refractivity contribution in [1.29, 1.82) is 0 Å². The third-order valence-corrected chi connectivity index (χ3v) is 6.23. The van der Waals surface area contributed by atoms with Crippen LogP contribution in [0, 0.1) is 19.7 Å². The zero-order valence-electron chi connectivity index (χ0n) is 17.7. The molecule has 0 saturated heterocycles. The molecule has 0 amide bonds. The minimum absolute atomic E-state index is 0.0183. The van der Waals surface area contributed by atoms with Crippen molar-refractivity contribution < 1.29 is 17.5 Å². The van der Waals surface area contributed by atoms with Gasteiger partial charge in [-0.15, -0.1) is 0 Å². The van der Waals surface area contributed by atoms with Crippen LogP contribution in [0.1, 0.15) is 30.3 Å². The van der Waals surface area contributed by atoms with Crippen molar-refractivity contribution in [3.8, 4) is 23.1 Å². The lowest BCUT2D eigenvalue weighted by atomic mass is 10.2. The Morgan fingerprint density at radius 1 is 1.13 bits per heavy atom. The fourth-order valence-corrected chi connectivity index (χ4v) is 4.34. The Bertz CT molecular complexity index is 1240. The first-order valence-electron chi connectivity index (χ1n) is 9.65. The van der Waals surface area contributed by atoms with Gasteiger partial charge in [0.25, 0.3) is 5.56 Å². The second kappa shape index (κ2) is 8.93. The van der Waals surface area contributed by atoms with E-state index in [1.165, 1.54) is 16.8 Å². The minimum atomic E-state index is -3.45. The number of pyridine rings is 1. The van der Waals surface area contributed by atoms with Gasteiger partial charge in [0.2, 0.25) is 0 Å². The van der Waals surface area contributed by atoms with E-state index < -0.39 is 21.4 Å². The highest BCUT2D eigenvalue weighted by molar-refractivity contribution is 7.90. The third-order valence-electron chi connectivity index (χ3n) is 4.50. The highest BCUT2D eigenvalue weighted by atomic mass is 32.2. The molecule has 164 valence electrons. The van der Waals surface area contributed by atoms with Gasteiger partial charge in [-0.25, -0.2) is 17.8 Å². The molecule has 2 heterocycles. The molecule has 0 aliphatic heterocycles. The molecule has 10 heteroatoms. The van der Waals surface area contributed by atoms with E-state index in [0.717, 1.165) is 0 Å². The fourth-order valence-electron chi connectivity index (χ4n) is 3.05. The summed E-state index contributed by atoms with van der Waals surface area (Å²) in [6, 6.07) is 5.83. The molecule has 0 fully saturated rings. The van der Waals surface area contributed by atoms with E-state index in [4.69, 9.17) is 4.74 Å². The first-order chi connectivity index (χ1) is 14.6. The highest BCUT2D eigenvalue weighted by Crippen LogP contribution is 2.27. The van der Waals surface area contributed by atoms with Gasteiger partial charge in [0.1, 0.15) is 5.75 Å². The summed E-state index contributed by atoms with van der Waals surface area (Å²) in [4.78, 5) is 24.7. The van der Waals surface area contributed by atoms with Gasteiger partial charge in [-0.3, -0.25) is 4.79 Å². The van der Waals surface area contributed by atoms with E-state index in [1.807, 2.05) is 0 Å². The number of aryl methyl sites for hydroxylation is 3. The summed E-state index contributed by atoms with van der Waals surface area (Å²) in [6.45, 7) is 5.09. The zero-order valence-corrected chi connectivity index (χ0v) is 18.5. The van der Waals surface area contributed by atoms with Gasteiger partial charge >= 0.3 is 6.01 Å². The van der Waals surface area contributed by atoms with E-state index in [2.05, 4.69) is 15.0 Å². The van der Waals surface area contributed by atoms with E-state index >= 15 is 0 Å². The van der Waals surface area contributed by atoms with Crippen LogP contribution in [0.3, 0.4) is 0 Å². The van der Waals surface area contributed by atoms with Gasteiger partial charge in [-0.1, -0.05) is 19.1 Å². The predicted octanol–water partition coefficient (Wildman–Crippen LogP) is 3.11. The van der Waals surface area contributed by atoms with Gasteiger partial charge in [0, 0.05) is 24.4 Å². The normalized spacial score (nSPS) is 11.5. The maximum absolute atomic E-state index is 14.3. The number of hydrogen-bond donors (Lipinski definition) is 0. The summed E-state index contributed by atoms with van der Waals surface area (Å²) in [5.74, 6) is -0.976. The lowest BCUT2D eigenvalue weighted by Gasteiger charge is -2.11. The molecule has 3 aromatic rings. The van der Waals surface area contributed by atoms with Crippen molar-refractivity contribution in [2.24, 2.45) is 7.05 Å². The van der Waals surface area contributed by atoms with Crippen LogP contribution in [0.5, 0.6) is 11.8 Å². The maximum Gasteiger partial charge on any atom is 0.325 e.